The van der Waals surface area contributed by atoms with Crippen LogP contribution in [0.4, 0.5) is 0 Å². The van der Waals surface area contributed by atoms with Crippen molar-refractivity contribution in [1.29, 1.82) is 0 Å². The molecule has 0 spiro atoms. The first-order valence-electron chi connectivity index (χ1n) is 3.23. The molecule has 1 heterocycles. The van der Waals surface area contributed by atoms with E-state index in [9.17, 15) is 4.79 Å². The third-order valence-electron chi connectivity index (χ3n) is 1.55. The molecule has 0 aromatic carbocycles. The number of nitrogens with one attached hydrogen (secondary N) is 1. The fourth-order valence-corrected chi connectivity index (χ4v) is 0.947. The monoisotopic (exact) mass is 125 g/mol. The van der Waals surface area contributed by atoms with Crippen molar-refractivity contribution in [3.8, 4) is 0 Å². The summed E-state index contributed by atoms with van der Waals surface area (Å²) in [6.45, 7) is 3.51. The smallest absolute Gasteiger partial charge is 0.161 e. The van der Waals surface area contributed by atoms with Gasteiger partial charge in [0.15, 0.2) is 5.78 Å². The highest BCUT2D eigenvalue weighted by molar-refractivity contribution is 5.96. The Labute approximate surface area is 54.9 Å². The van der Waals surface area contributed by atoms with Gasteiger partial charge in [-0.25, -0.2) is 0 Å². The maximum Gasteiger partial charge on any atom is 0.161 e. The van der Waals surface area contributed by atoms with E-state index in [-0.39, 0.29) is 0 Å². The molecule has 9 heavy (non-hydrogen) atoms. The molecular weight excluding hydrogens is 114 g/mol. The van der Waals surface area contributed by atoms with Crippen LogP contribution in [-0.4, -0.2) is 18.9 Å². The van der Waals surface area contributed by atoms with Crippen LogP contribution in [0.25, 0.3) is 0 Å². The zero-order valence-corrected chi connectivity index (χ0v) is 5.61. The molecule has 0 atom stereocenters. The first kappa shape index (κ1) is 6.49. The van der Waals surface area contributed by atoms with Gasteiger partial charge in [-0.05, 0) is 6.92 Å². The molecule has 0 unspecified atom stereocenters. The lowest BCUT2D eigenvalue weighted by Gasteiger charge is -2.12. The minimum atomic E-state index is 0.302. The van der Waals surface area contributed by atoms with Crippen LogP contribution in [0, 0.1) is 0 Å². The number of carbonyl (C=O) groups is 1. The zero-order valence-electron chi connectivity index (χ0n) is 5.61. The van der Waals surface area contributed by atoms with Gasteiger partial charge in [0.2, 0.25) is 0 Å². The van der Waals surface area contributed by atoms with Gasteiger partial charge >= 0.3 is 0 Å². The Morgan fingerprint density at radius 2 is 2.44 bits per heavy atom. The van der Waals surface area contributed by atoms with Crippen LogP contribution in [0.3, 0.4) is 0 Å². The second kappa shape index (κ2) is 2.78. The molecule has 0 radical (unpaired) electrons. The molecule has 1 rings (SSSR count). The zero-order chi connectivity index (χ0) is 6.69. The minimum absolute atomic E-state index is 0.302. The standard InChI is InChI=1S/C7H11NO/c1-2-6-5-8-4-3-7(6)9/h2,8H,3-5H2,1H3/b6-2+. The molecule has 1 saturated heterocycles. The van der Waals surface area contributed by atoms with E-state index in [1.807, 2.05) is 13.0 Å². The summed E-state index contributed by atoms with van der Waals surface area (Å²) in [6, 6.07) is 0. The van der Waals surface area contributed by atoms with Gasteiger partial charge < -0.3 is 5.32 Å². The van der Waals surface area contributed by atoms with E-state index < -0.39 is 0 Å². The normalized spacial score (nSPS) is 25.0. The highest BCUT2D eigenvalue weighted by Gasteiger charge is 2.11. The highest BCUT2D eigenvalue weighted by atomic mass is 16.1. The summed E-state index contributed by atoms with van der Waals surface area (Å²) in [4.78, 5) is 10.9. The van der Waals surface area contributed by atoms with Crippen molar-refractivity contribution in [1.82, 2.24) is 5.32 Å². The lowest BCUT2D eigenvalue weighted by molar-refractivity contribution is -0.116. The Kier molecular flexibility index (Phi) is 2.01. The molecular formula is C7H11NO. The predicted molar refractivity (Wildman–Crippen MR) is 36.3 cm³/mol. The highest BCUT2D eigenvalue weighted by Crippen LogP contribution is 2.02. The second-order valence-corrected chi connectivity index (χ2v) is 2.16. The number of hydrogen-bond acceptors (Lipinski definition) is 2. The van der Waals surface area contributed by atoms with Crippen molar-refractivity contribution in [3.63, 3.8) is 0 Å². The average Bonchev–Trinajstić information content (AvgIpc) is 1.89. The summed E-state index contributed by atoms with van der Waals surface area (Å²) in [5.41, 5.74) is 0.932. The van der Waals surface area contributed by atoms with Gasteiger partial charge in [-0.15, -0.1) is 0 Å². The summed E-state index contributed by atoms with van der Waals surface area (Å²) in [5.74, 6) is 0.302. The molecule has 0 aromatic heterocycles. The van der Waals surface area contributed by atoms with Gasteiger partial charge in [0.1, 0.15) is 0 Å². The number of ketones is 1. The van der Waals surface area contributed by atoms with Crippen LogP contribution in [-0.2, 0) is 4.79 Å². The molecule has 0 amide bonds. The van der Waals surface area contributed by atoms with Crippen LogP contribution in [0.15, 0.2) is 11.6 Å². The Bertz CT molecular complexity index is 149. The number of allylic oxidation sites excluding steroid dienone is 1. The van der Waals surface area contributed by atoms with Crippen LogP contribution >= 0.6 is 0 Å². The molecule has 2 nitrogen and oxygen atoms in total. The Morgan fingerprint density at radius 1 is 1.67 bits per heavy atom. The average molecular weight is 125 g/mol. The van der Waals surface area contributed by atoms with Gasteiger partial charge in [0, 0.05) is 25.1 Å². The molecule has 0 aromatic rings. The van der Waals surface area contributed by atoms with Gasteiger partial charge in [-0.2, -0.15) is 0 Å². The fraction of sp³-hybridized carbons (Fsp3) is 0.571. The summed E-state index contributed by atoms with van der Waals surface area (Å²) in [6.07, 6.45) is 2.55. The van der Waals surface area contributed by atoms with E-state index in [1.54, 1.807) is 0 Å². The van der Waals surface area contributed by atoms with E-state index in [0.717, 1.165) is 18.7 Å². The van der Waals surface area contributed by atoms with Crippen LogP contribution in [0.5, 0.6) is 0 Å². The van der Waals surface area contributed by atoms with Gasteiger partial charge in [-0.3, -0.25) is 4.79 Å². The Morgan fingerprint density at radius 3 is 2.89 bits per heavy atom. The van der Waals surface area contributed by atoms with E-state index in [0.29, 0.717) is 12.2 Å². The molecule has 2 heteroatoms. The Balaban J connectivity index is 2.60. The first-order valence-corrected chi connectivity index (χ1v) is 3.23. The molecule has 50 valence electrons. The molecule has 0 aliphatic carbocycles. The predicted octanol–water partition coefficient (Wildman–Crippen LogP) is 0.495. The second-order valence-electron chi connectivity index (χ2n) is 2.16. The van der Waals surface area contributed by atoms with Crippen LogP contribution < -0.4 is 5.32 Å². The van der Waals surface area contributed by atoms with Gasteiger partial charge in [-0.1, -0.05) is 6.08 Å². The van der Waals surface area contributed by atoms with E-state index in [1.165, 1.54) is 0 Å². The number of carbonyl (C=O) groups excluding carboxylic acids is 1. The maximum absolute atomic E-state index is 10.9. The number of hydrogen-bond donors (Lipinski definition) is 1. The van der Waals surface area contributed by atoms with Crippen molar-refractivity contribution in [3.05, 3.63) is 11.6 Å². The van der Waals surface area contributed by atoms with E-state index in [2.05, 4.69) is 5.32 Å². The van der Waals surface area contributed by atoms with Gasteiger partial charge in [0.05, 0.1) is 0 Å². The minimum Gasteiger partial charge on any atom is -0.312 e. The third-order valence-corrected chi connectivity index (χ3v) is 1.55. The topological polar surface area (TPSA) is 29.1 Å². The lowest BCUT2D eigenvalue weighted by atomic mass is 10.1. The van der Waals surface area contributed by atoms with Crippen molar-refractivity contribution < 1.29 is 4.79 Å². The summed E-state index contributed by atoms with van der Waals surface area (Å²) in [5, 5.41) is 3.13. The third kappa shape index (κ3) is 1.39. The maximum atomic E-state index is 10.9. The summed E-state index contributed by atoms with van der Waals surface area (Å²) >= 11 is 0. The van der Waals surface area contributed by atoms with Crippen molar-refractivity contribution >= 4 is 5.78 Å². The van der Waals surface area contributed by atoms with Crippen LogP contribution in [0.1, 0.15) is 13.3 Å². The quantitative estimate of drug-likeness (QED) is 0.477. The van der Waals surface area contributed by atoms with Crippen molar-refractivity contribution in [2.45, 2.75) is 13.3 Å². The summed E-state index contributed by atoms with van der Waals surface area (Å²) in [7, 11) is 0. The van der Waals surface area contributed by atoms with Crippen LogP contribution in [0.2, 0.25) is 0 Å². The molecule has 1 aliphatic rings. The van der Waals surface area contributed by atoms with E-state index in [4.69, 9.17) is 0 Å². The molecule has 0 bridgehead atoms. The number of rotatable bonds is 0. The van der Waals surface area contributed by atoms with E-state index >= 15 is 0 Å². The summed E-state index contributed by atoms with van der Waals surface area (Å²) < 4.78 is 0. The molecule has 1 aliphatic heterocycles. The fourth-order valence-electron chi connectivity index (χ4n) is 0.947. The van der Waals surface area contributed by atoms with Crippen molar-refractivity contribution in [2.75, 3.05) is 13.1 Å². The number of Topliss-reactive ketones (excluding diaryl/α,β-unsaturated/α-hetero) is 1. The number of piperidine rings is 1. The lowest BCUT2D eigenvalue weighted by Crippen LogP contribution is -2.30. The first-order chi connectivity index (χ1) is 4.34. The molecule has 1 N–H and O–H groups in total. The molecule has 1 fully saturated rings. The Hall–Kier alpha value is -0.630. The van der Waals surface area contributed by atoms with Crippen molar-refractivity contribution in [2.24, 2.45) is 0 Å². The molecule has 0 saturated carbocycles. The largest absolute Gasteiger partial charge is 0.312 e. The SMILES string of the molecule is C/C=C1\CNCCC1=O. The van der Waals surface area contributed by atoms with Gasteiger partial charge in [0.25, 0.3) is 0 Å².